The molecule has 0 aliphatic rings. The fourth-order valence-electron chi connectivity index (χ4n) is 4.03. The fraction of sp³-hybridized carbons (Fsp3) is 0.136. The molecule has 0 saturated carbocycles. The number of benzene rings is 2. The third-order valence-electron chi connectivity index (χ3n) is 5.75. The van der Waals surface area contributed by atoms with E-state index in [0.29, 0.717) is 5.56 Å². The Morgan fingerprint density at radius 3 is 2.40 bits per heavy atom. The summed E-state index contributed by atoms with van der Waals surface area (Å²) in [6.45, 7) is 0. The van der Waals surface area contributed by atoms with Crippen molar-refractivity contribution in [2.24, 2.45) is 14.1 Å². The minimum atomic E-state index is -4.62. The third kappa shape index (κ3) is 3.31. The summed E-state index contributed by atoms with van der Waals surface area (Å²) in [7, 11) is 2.72. The van der Waals surface area contributed by atoms with E-state index in [4.69, 9.17) is 0 Å². The molecule has 5 aromatic rings. The first-order valence-electron chi connectivity index (χ1n) is 10.1. The number of alkyl halides is 3. The predicted molar refractivity (Wildman–Crippen MR) is 120 cm³/mol. The average molecular weight is 484 g/mol. The number of nitro groups is 1. The quantitative estimate of drug-likeness (QED) is 0.288. The monoisotopic (exact) mass is 484 g/mol. The molecular weight excluding hydrogens is 469 g/mol. The second-order valence-corrected chi connectivity index (χ2v) is 7.87. The van der Waals surface area contributed by atoms with Crippen molar-refractivity contribution in [1.82, 2.24) is 23.1 Å². The number of fused-ring (bicyclic) bond motifs is 3. The molecule has 0 N–H and O–H groups in total. The van der Waals surface area contributed by atoms with Crippen LogP contribution in [-0.2, 0) is 20.3 Å². The van der Waals surface area contributed by atoms with Crippen molar-refractivity contribution in [2.75, 3.05) is 0 Å². The van der Waals surface area contributed by atoms with E-state index in [1.807, 2.05) is 0 Å². The van der Waals surface area contributed by atoms with Crippen LogP contribution in [0.3, 0.4) is 0 Å². The zero-order valence-electron chi connectivity index (χ0n) is 18.1. The van der Waals surface area contributed by atoms with Crippen LogP contribution in [0.5, 0.6) is 0 Å². The molecular formula is C22H15F3N6O4. The summed E-state index contributed by atoms with van der Waals surface area (Å²) in [4.78, 5) is 40.5. The lowest BCUT2D eigenvalue weighted by Gasteiger charge is -2.12. The maximum atomic E-state index is 13.5. The van der Waals surface area contributed by atoms with Crippen molar-refractivity contribution in [1.29, 1.82) is 0 Å². The maximum Gasteiger partial charge on any atom is 0.416 e. The van der Waals surface area contributed by atoms with Gasteiger partial charge in [-0.15, -0.1) is 0 Å². The van der Waals surface area contributed by atoms with Gasteiger partial charge in [-0.05, 0) is 18.2 Å². The largest absolute Gasteiger partial charge is 0.416 e. The molecule has 10 nitrogen and oxygen atoms in total. The summed E-state index contributed by atoms with van der Waals surface area (Å²) in [6, 6.07) is 10.0. The smallest absolute Gasteiger partial charge is 0.279 e. The Hall–Kier alpha value is -4.68. The van der Waals surface area contributed by atoms with Gasteiger partial charge in [-0.3, -0.25) is 33.0 Å². The van der Waals surface area contributed by atoms with E-state index in [2.05, 4.69) is 4.98 Å². The average Bonchev–Trinajstić information content (AvgIpc) is 3.37. The fourth-order valence-corrected chi connectivity index (χ4v) is 4.03. The molecule has 0 unspecified atom stereocenters. The Kier molecular flexibility index (Phi) is 4.69. The van der Waals surface area contributed by atoms with Gasteiger partial charge in [-0.25, -0.2) is 4.79 Å². The van der Waals surface area contributed by atoms with Gasteiger partial charge in [-0.1, -0.05) is 18.2 Å². The summed E-state index contributed by atoms with van der Waals surface area (Å²) in [5, 5.41) is 11.3. The van der Waals surface area contributed by atoms with Gasteiger partial charge in [0, 0.05) is 43.7 Å². The van der Waals surface area contributed by atoms with E-state index < -0.39 is 27.9 Å². The molecule has 0 aliphatic heterocycles. The number of hydrogen-bond donors (Lipinski definition) is 0. The number of aryl methyl sites for hydroxylation is 1. The molecule has 178 valence electrons. The maximum absolute atomic E-state index is 13.5. The molecule has 3 heterocycles. The molecule has 2 aromatic carbocycles. The Morgan fingerprint density at radius 1 is 1.00 bits per heavy atom. The molecule has 0 aliphatic carbocycles. The number of hydrogen-bond acceptors (Lipinski definition) is 5. The van der Waals surface area contributed by atoms with Gasteiger partial charge in [-0.2, -0.15) is 18.2 Å². The van der Waals surface area contributed by atoms with Crippen LogP contribution >= 0.6 is 0 Å². The molecule has 5 rings (SSSR count). The van der Waals surface area contributed by atoms with E-state index in [0.717, 1.165) is 21.3 Å². The van der Waals surface area contributed by atoms with Gasteiger partial charge in [0.1, 0.15) is 0 Å². The van der Waals surface area contributed by atoms with Crippen LogP contribution in [0.1, 0.15) is 5.56 Å². The Morgan fingerprint density at radius 2 is 1.71 bits per heavy atom. The summed E-state index contributed by atoms with van der Waals surface area (Å²) < 4.78 is 45.2. The molecule has 0 saturated heterocycles. The molecule has 3 aromatic heterocycles. The van der Waals surface area contributed by atoms with Gasteiger partial charge in [0.2, 0.25) is 5.78 Å². The number of rotatable bonds is 3. The van der Waals surface area contributed by atoms with Crippen molar-refractivity contribution in [2.45, 2.75) is 6.18 Å². The van der Waals surface area contributed by atoms with Crippen molar-refractivity contribution >= 4 is 22.6 Å². The van der Waals surface area contributed by atoms with Crippen LogP contribution < -0.4 is 11.2 Å². The Balaban J connectivity index is 1.94. The van der Waals surface area contributed by atoms with E-state index in [-0.39, 0.29) is 34.0 Å². The SMILES string of the molecule is Cn1c(=O)c2c(nc3n(-c4cccc(C(F)(F)F)c4)c(-c4cccc([N+](=O)[O-])c4)cn23)n(C)c1=O. The number of nitrogens with zero attached hydrogens (tertiary/aromatic N) is 6. The summed E-state index contributed by atoms with van der Waals surface area (Å²) in [5.74, 6) is 0.0548. The second-order valence-electron chi connectivity index (χ2n) is 7.87. The molecule has 0 radical (unpaired) electrons. The molecule has 13 heteroatoms. The van der Waals surface area contributed by atoms with Crippen molar-refractivity contribution in [3.8, 4) is 16.9 Å². The van der Waals surface area contributed by atoms with Gasteiger partial charge >= 0.3 is 11.9 Å². The van der Waals surface area contributed by atoms with Crippen LogP contribution in [0.15, 0.2) is 64.3 Å². The first kappa shape index (κ1) is 22.1. The minimum Gasteiger partial charge on any atom is -0.279 e. The van der Waals surface area contributed by atoms with Crippen LogP contribution in [0.4, 0.5) is 18.9 Å². The number of imidazole rings is 2. The summed E-state index contributed by atoms with van der Waals surface area (Å²) in [5.41, 5.74) is -1.69. The van der Waals surface area contributed by atoms with Gasteiger partial charge < -0.3 is 0 Å². The Bertz CT molecular complexity index is 1790. The molecule has 0 fully saturated rings. The molecule has 0 amide bonds. The highest BCUT2D eigenvalue weighted by Gasteiger charge is 2.31. The molecule has 35 heavy (non-hydrogen) atoms. The Labute approximate surface area is 192 Å². The zero-order chi connectivity index (χ0) is 25.2. The summed E-state index contributed by atoms with van der Waals surface area (Å²) >= 11 is 0. The minimum absolute atomic E-state index is 0.0296. The van der Waals surface area contributed by atoms with Gasteiger partial charge in [0.15, 0.2) is 11.2 Å². The van der Waals surface area contributed by atoms with Crippen LogP contribution in [0.2, 0.25) is 0 Å². The van der Waals surface area contributed by atoms with E-state index >= 15 is 0 Å². The number of aromatic nitrogens is 5. The number of non-ortho nitro benzene ring substituents is 1. The van der Waals surface area contributed by atoms with Crippen molar-refractivity contribution < 1.29 is 18.1 Å². The van der Waals surface area contributed by atoms with Crippen LogP contribution in [0.25, 0.3) is 33.9 Å². The lowest BCUT2D eigenvalue weighted by Crippen LogP contribution is -2.37. The normalized spacial score (nSPS) is 12.0. The first-order chi connectivity index (χ1) is 16.5. The van der Waals surface area contributed by atoms with E-state index in [1.165, 1.54) is 59.6 Å². The number of halogens is 3. The summed E-state index contributed by atoms with van der Waals surface area (Å²) in [6.07, 6.45) is -3.17. The van der Waals surface area contributed by atoms with E-state index in [1.54, 1.807) is 6.07 Å². The second kappa shape index (κ2) is 7.41. The molecule has 0 bridgehead atoms. The highest BCUT2D eigenvalue weighted by Crippen LogP contribution is 2.34. The topological polar surface area (TPSA) is 109 Å². The standard InChI is InChI=1S/C22H15F3N6O4/c1-27-18-17(19(32)28(2)21(27)33)29-11-16(12-5-3-8-15(9-12)31(34)35)30(20(29)26-18)14-7-4-6-13(10-14)22(23,24)25/h3-11H,1-2H3. The third-order valence-corrected chi connectivity index (χ3v) is 5.75. The van der Waals surface area contributed by atoms with Crippen LogP contribution in [0, 0.1) is 10.1 Å². The molecule has 0 atom stereocenters. The van der Waals surface area contributed by atoms with Crippen molar-refractivity contribution in [3.63, 3.8) is 0 Å². The highest BCUT2D eigenvalue weighted by atomic mass is 19.4. The van der Waals surface area contributed by atoms with Crippen LogP contribution in [-0.4, -0.2) is 28.0 Å². The lowest BCUT2D eigenvalue weighted by molar-refractivity contribution is -0.384. The molecule has 0 spiro atoms. The first-order valence-corrected chi connectivity index (χ1v) is 10.1. The highest BCUT2D eigenvalue weighted by molar-refractivity contribution is 5.80. The van der Waals surface area contributed by atoms with E-state index in [9.17, 15) is 32.9 Å². The predicted octanol–water partition coefficient (Wildman–Crippen LogP) is 3.27. The van der Waals surface area contributed by atoms with Crippen molar-refractivity contribution in [3.05, 3.63) is 91.2 Å². The number of nitro benzene ring substituents is 1. The van der Waals surface area contributed by atoms with Gasteiger partial charge in [0.05, 0.1) is 16.2 Å². The van der Waals surface area contributed by atoms with Gasteiger partial charge in [0.25, 0.3) is 11.2 Å². The lowest BCUT2D eigenvalue weighted by atomic mass is 10.1. The zero-order valence-corrected chi connectivity index (χ0v) is 18.1.